The van der Waals surface area contributed by atoms with Gasteiger partial charge in [0.2, 0.25) is 11.8 Å². The Morgan fingerprint density at radius 2 is 1.83 bits per heavy atom. The molecular weight excluding hydrogens is 334 g/mol. The molecule has 0 bridgehead atoms. The quantitative estimate of drug-likeness (QED) is 0.765. The SMILES string of the molecule is Cc1ccc(-c2nnc(CNS(=O)(=O)c3ccc(C)s3)o2)cc1. The number of rotatable bonds is 5. The number of thiophene rings is 1. The topological polar surface area (TPSA) is 85.1 Å². The fourth-order valence-electron chi connectivity index (χ4n) is 1.92. The predicted octanol–water partition coefficient (Wildman–Crippen LogP) is 2.89. The number of hydrogen-bond donors (Lipinski definition) is 1. The number of sulfonamides is 1. The van der Waals surface area contributed by atoms with Crippen LogP contribution in [-0.4, -0.2) is 18.6 Å². The highest BCUT2D eigenvalue weighted by molar-refractivity contribution is 7.91. The van der Waals surface area contributed by atoms with Gasteiger partial charge in [-0.15, -0.1) is 21.5 Å². The van der Waals surface area contributed by atoms with Gasteiger partial charge in [0.1, 0.15) is 4.21 Å². The summed E-state index contributed by atoms with van der Waals surface area (Å²) < 4.78 is 32.5. The van der Waals surface area contributed by atoms with Crippen LogP contribution in [0.25, 0.3) is 11.5 Å². The summed E-state index contributed by atoms with van der Waals surface area (Å²) in [6, 6.07) is 11.0. The first-order valence-corrected chi connectivity index (χ1v) is 9.19. The van der Waals surface area contributed by atoms with E-state index in [1.54, 1.807) is 12.1 Å². The van der Waals surface area contributed by atoms with E-state index in [4.69, 9.17) is 4.42 Å². The second kappa shape index (κ2) is 6.23. The molecule has 6 nitrogen and oxygen atoms in total. The molecule has 0 aliphatic heterocycles. The summed E-state index contributed by atoms with van der Waals surface area (Å²) in [6.07, 6.45) is 0. The minimum atomic E-state index is -3.56. The molecular formula is C15H15N3O3S2. The lowest BCUT2D eigenvalue weighted by Gasteiger charge is -2.01. The highest BCUT2D eigenvalue weighted by Gasteiger charge is 2.17. The summed E-state index contributed by atoms with van der Waals surface area (Å²) in [5.41, 5.74) is 1.93. The number of hydrogen-bond acceptors (Lipinski definition) is 6. The average Bonchev–Trinajstić information content (AvgIpc) is 3.15. The molecule has 3 aromatic rings. The molecule has 0 aliphatic carbocycles. The van der Waals surface area contributed by atoms with E-state index >= 15 is 0 Å². The van der Waals surface area contributed by atoms with Crippen LogP contribution in [0.2, 0.25) is 0 Å². The van der Waals surface area contributed by atoms with E-state index in [-0.39, 0.29) is 16.6 Å². The Morgan fingerprint density at radius 3 is 2.48 bits per heavy atom. The molecule has 2 aromatic heterocycles. The van der Waals surface area contributed by atoms with Crippen LogP contribution in [-0.2, 0) is 16.6 Å². The van der Waals surface area contributed by atoms with Gasteiger partial charge in [-0.25, -0.2) is 13.1 Å². The number of nitrogens with zero attached hydrogens (tertiary/aromatic N) is 2. The van der Waals surface area contributed by atoms with Crippen molar-refractivity contribution in [2.75, 3.05) is 0 Å². The summed E-state index contributed by atoms with van der Waals surface area (Å²) in [5, 5.41) is 7.82. The van der Waals surface area contributed by atoms with E-state index in [0.29, 0.717) is 5.89 Å². The molecule has 0 unspecified atom stereocenters. The highest BCUT2D eigenvalue weighted by atomic mass is 32.2. The summed E-state index contributed by atoms with van der Waals surface area (Å²) in [5.74, 6) is 0.587. The van der Waals surface area contributed by atoms with E-state index < -0.39 is 10.0 Å². The third kappa shape index (κ3) is 3.66. The van der Waals surface area contributed by atoms with Gasteiger partial charge in [-0.2, -0.15) is 0 Å². The van der Waals surface area contributed by atoms with Gasteiger partial charge in [-0.05, 0) is 38.1 Å². The van der Waals surface area contributed by atoms with Crippen LogP contribution < -0.4 is 4.72 Å². The fraction of sp³-hybridized carbons (Fsp3) is 0.200. The van der Waals surface area contributed by atoms with Crippen LogP contribution in [0.5, 0.6) is 0 Å². The van der Waals surface area contributed by atoms with Crippen molar-refractivity contribution in [3.63, 3.8) is 0 Å². The third-order valence-electron chi connectivity index (χ3n) is 3.16. The van der Waals surface area contributed by atoms with Crippen LogP contribution >= 0.6 is 11.3 Å². The van der Waals surface area contributed by atoms with Crippen molar-refractivity contribution in [2.24, 2.45) is 0 Å². The Balaban J connectivity index is 1.71. The average molecular weight is 349 g/mol. The predicted molar refractivity (Wildman–Crippen MR) is 87.6 cm³/mol. The van der Waals surface area contributed by atoms with Crippen molar-refractivity contribution >= 4 is 21.4 Å². The summed E-state index contributed by atoms with van der Waals surface area (Å²) in [6.45, 7) is 3.80. The standard InChI is InChI=1S/C15H15N3O3S2/c1-10-3-6-12(7-4-10)15-18-17-13(21-15)9-16-23(19,20)14-8-5-11(2)22-14/h3-8,16H,9H2,1-2H3. The molecule has 0 saturated carbocycles. The third-order valence-corrected chi connectivity index (χ3v) is 6.05. The van der Waals surface area contributed by atoms with Crippen LogP contribution in [0.15, 0.2) is 45.0 Å². The minimum absolute atomic E-state index is 0.0435. The van der Waals surface area contributed by atoms with Crippen LogP contribution in [0.3, 0.4) is 0 Å². The molecule has 0 fully saturated rings. The zero-order chi connectivity index (χ0) is 16.4. The first-order valence-electron chi connectivity index (χ1n) is 6.89. The Bertz CT molecular complexity index is 912. The molecule has 0 aliphatic rings. The molecule has 3 rings (SSSR count). The summed E-state index contributed by atoms with van der Waals surface area (Å²) in [7, 11) is -3.56. The largest absolute Gasteiger partial charge is 0.419 e. The second-order valence-corrected chi connectivity index (χ2v) is 8.34. The fourth-order valence-corrected chi connectivity index (χ4v) is 4.22. The molecule has 0 amide bonds. The minimum Gasteiger partial charge on any atom is -0.419 e. The highest BCUT2D eigenvalue weighted by Crippen LogP contribution is 2.21. The summed E-state index contributed by atoms with van der Waals surface area (Å²) in [4.78, 5) is 0.935. The molecule has 1 aromatic carbocycles. The maximum Gasteiger partial charge on any atom is 0.250 e. The van der Waals surface area contributed by atoms with Crippen molar-refractivity contribution < 1.29 is 12.8 Å². The molecule has 0 radical (unpaired) electrons. The van der Waals surface area contributed by atoms with Crippen molar-refractivity contribution in [1.82, 2.24) is 14.9 Å². The van der Waals surface area contributed by atoms with Crippen molar-refractivity contribution in [3.05, 3.63) is 52.7 Å². The molecule has 0 atom stereocenters. The molecule has 2 heterocycles. The number of benzene rings is 1. The zero-order valence-corrected chi connectivity index (χ0v) is 14.2. The Kier molecular flexibility index (Phi) is 4.29. The van der Waals surface area contributed by atoms with Gasteiger partial charge in [0.15, 0.2) is 0 Å². The van der Waals surface area contributed by atoms with Gasteiger partial charge in [0.05, 0.1) is 6.54 Å². The van der Waals surface area contributed by atoms with Gasteiger partial charge >= 0.3 is 0 Å². The van der Waals surface area contributed by atoms with E-state index in [1.807, 2.05) is 38.1 Å². The van der Waals surface area contributed by atoms with E-state index in [2.05, 4.69) is 14.9 Å². The lowest BCUT2D eigenvalue weighted by atomic mass is 10.1. The monoisotopic (exact) mass is 349 g/mol. The van der Waals surface area contributed by atoms with Gasteiger partial charge in [0.25, 0.3) is 10.0 Å². The van der Waals surface area contributed by atoms with Crippen LogP contribution in [0.1, 0.15) is 16.3 Å². The van der Waals surface area contributed by atoms with Gasteiger partial charge in [-0.1, -0.05) is 17.7 Å². The Hall–Kier alpha value is -2.03. The molecule has 1 N–H and O–H groups in total. The Labute approximate surface area is 138 Å². The molecule has 120 valence electrons. The molecule has 8 heteroatoms. The Morgan fingerprint density at radius 1 is 1.09 bits per heavy atom. The van der Waals surface area contributed by atoms with E-state index in [1.165, 1.54) is 11.3 Å². The molecule has 0 saturated heterocycles. The van der Waals surface area contributed by atoms with Gasteiger partial charge < -0.3 is 4.42 Å². The zero-order valence-electron chi connectivity index (χ0n) is 12.6. The first-order chi connectivity index (χ1) is 10.9. The lowest BCUT2D eigenvalue weighted by molar-refractivity contribution is 0.494. The maximum atomic E-state index is 12.1. The maximum absolute atomic E-state index is 12.1. The van der Waals surface area contributed by atoms with Crippen molar-refractivity contribution in [1.29, 1.82) is 0 Å². The van der Waals surface area contributed by atoms with Crippen LogP contribution in [0, 0.1) is 13.8 Å². The van der Waals surface area contributed by atoms with Crippen molar-refractivity contribution in [2.45, 2.75) is 24.6 Å². The molecule has 0 spiro atoms. The van der Waals surface area contributed by atoms with E-state index in [9.17, 15) is 8.42 Å². The normalized spacial score (nSPS) is 11.7. The lowest BCUT2D eigenvalue weighted by Crippen LogP contribution is -2.22. The number of aryl methyl sites for hydroxylation is 2. The van der Waals surface area contributed by atoms with Gasteiger partial charge in [-0.3, -0.25) is 0 Å². The van der Waals surface area contributed by atoms with E-state index in [0.717, 1.165) is 16.0 Å². The van der Waals surface area contributed by atoms with Gasteiger partial charge in [0, 0.05) is 10.4 Å². The van der Waals surface area contributed by atoms with Crippen molar-refractivity contribution in [3.8, 4) is 11.5 Å². The second-order valence-electron chi connectivity index (χ2n) is 5.06. The summed E-state index contributed by atoms with van der Waals surface area (Å²) >= 11 is 1.22. The molecule has 23 heavy (non-hydrogen) atoms. The smallest absolute Gasteiger partial charge is 0.250 e. The first kappa shape index (κ1) is 15.9. The van der Waals surface area contributed by atoms with Crippen LogP contribution in [0.4, 0.5) is 0 Å². The number of aromatic nitrogens is 2. The number of nitrogens with one attached hydrogen (secondary N) is 1.